The molecule has 2 unspecified atom stereocenters. The molecule has 1 rings (SSSR count). The molecular formula is C14H20ClNO3. The van der Waals surface area contributed by atoms with Crippen LogP contribution >= 0.6 is 11.6 Å². The maximum atomic E-state index is 10.7. The fraction of sp³-hybridized carbons (Fsp3) is 0.500. The van der Waals surface area contributed by atoms with Gasteiger partial charge in [0, 0.05) is 11.4 Å². The van der Waals surface area contributed by atoms with Crippen molar-refractivity contribution in [2.75, 3.05) is 13.2 Å². The lowest BCUT2D eigenvalue weighted by Gasteiger charge is -2.18. The Kier molecular flexibility index (Phi) is 6.67. The quantitative estimate of drug-likeness (QED) is 0.770. The summed E-state index contributed by atoms with van der Waals surface area (Å²) < 4.78 is 5.63. The van der Waals surface area contributed by atoms with Gasteiger partial charge in [-0.3, -0.25) is 4.79 Å². The number of carboxylic acids is 1. The summed E-state index contributed by atoms with van der Waals surface area (Å²) in [6.07, 6.45) is 0.859. The van der Waals surface area contributed by atoms with Crippen LogP contribution in [0.25, 0.3) is 0 Å². The van der Waals surface area contributed by atoms with Crippen molar-refractivity contribution in [3.8, 4) is 5.75 Å². The molecule has 1 aromatic rings. The fourth-order valence-corrected chi connectivity index (χ4v) is 2.04. The highest BCUT2D eigenvalue weighted by Crippen LogP contribution is 2.19. The first-order chi connectivity index (χ1) is 9.01. The molecule has 5 heteroatoms. The van der Waals surface area contributed by atoms with E-state index in [0.717, 1.165) is 12.2 Å². The van der Waals surface area contributed by atoms with Crippen LogP contribution in [0.5, 0.6) is 5.75 Å². The number of carboxylic acid groups (broad SMARTS) is 1. The molecule has 0 radical (unpaired) electrons. The second-order valence-electron chi connectivity index (χ2n) is 4.81. The normalized spacial score (nSPS) is 13.8. The molecule has 2 atom stereocenters. The predicted molar refractivity (Wildman–Crippen MR) is 75.5 cm³/mol. The smallest absolute Gasteiger partial charge is 0.303 e. The van der Waals surface area contributed by atoms with E-state index >= 15 is 0 Å². The van der Waals surface area contributed by atoms with E-state index in [1.807, 2.05) is 19.1 Å². The summed E-state index contributed by atoms with van der Waals surface area (Å²) in [5.41, 5.74) is 5.57. The largest absolute Gasteiger partial charge is 0.493 e. The van der Waals surface area contributed by atoms with Crippen LogP contribution in [-0.2, 0) is 4.79 Å². The molecule has 0 aliphatic carbocycles. The Morgan fingerprint density at radius 1 is 1.42 bits per heavy atom. The van der Waals surface area contributed by atoms with Crippen molar-refractivity contribution in [3.05, 3.63) is 29.3 Å². The molecule has 0 aliphatic rings. The number of rotatable bonds is 8. The maximum absolute atomic E-state index is 10.7. The number of hydrogen-bond acceptors (Lipinski definition) is 3. The first-order valence-corrected chi connectivity index (χ1v) is 6.69. The minimum absolute atomic E-state index is 0.00122. The lowest BCUT2D eigenvalue weighted by Crippen LogP contribution is -2.22. The Labute approximate surface area is 118 Å². The van der Waals surface area contributed by atoms with Crippen molar-refractivity contribution in [1.82, 2.24) is 0 Å². The van der Waals surface area contributed by atoms with Crippen LogP contribution in [0.4, 0.5) is 0 Å². The van der Waals surface area contributed by atoms with Gasteiger partial charge in [-0.1, -0.05) is 18.5 Å². The van der Waals surface area contributed by atoms with E-state index < -0.39 is 5.97 Å². The molecule has 3 N–H and O–H groups in total. The zero-order valence-electron chi connectivity index (χ0n) is 11.0. The summed E-state index contributed by atoms with van der Waals surface area (Å²) in [5.74, 6) is 0.213. The van der Waals surface area contributed by atoms with E-state index in [1.165, 1.54) is 0 Å². The minimum Gasteiger partial charge on any atom is -0.493 e. The summed E-state index contributed by atoms with van der Waals surface area (Å²) in [7, 11) is 0. The molecule has 0 saturated carbocycles. The van der Waals surface area contributed by atoms with Crippen LogP contribution in [-0.4, -0.2) is 24.2 Å². The third-order valence-electron chi connectivity index (χ3n) is 2.88. The van der Waals surface area contributed by atoms with Crippen molar-refractivity contribution in [2.45, 2.75) is 19.8 Å². The molecule has 106 valence electrons. The Morgan fingerprint density at radius 3 is 2.58 bits per heavy atom. The SMILES string of the molecule is CC(COc1ccc(Cl)cc1)CC(CN)CC(=O)O. The third kappa shape index (κ3) is 6.45. The van der Waals surface area contributed by atoms with Gasteiger partial charge in [0.05, 0.1) is 6.61 Å². The van der Waals surface area contributed by atoms with Crippen LogP contribution in [0, 0.1) is 11.8 Å². The molecule has 1 aromatic carbocycles. The average Bonchev–Trinajstić information content (AvgIpc) is 2.36. The van der Waals surface area contributed by atoms with Gasteiger partial charge in [-0.15, -0.1) is 0 Å². The number of nitrogens with two attached hydrogens (primary N) is 1. The Hall–Kier alpha value is -1.26. The minimum atomic E-state index is -0.804. The second kappa shape index (κ2) is 8.02. The van der Waals surface area contributed by atoms with Crippen LogP contribution in [0.3, 0.4) is 0 Å². The highest BCUT2D eigenvalue weighted by molar-refractivity contribution is 6.30. The highest BCUT2D eigenvalue weighted by atomic mass is 35.5. The molecular weight excluding hydrogens is 266 g/mol. The molecule has 0 fully saturated rings. The van der Waals surface area contributed by atoms with Gasteiger partial charge in [0.15, 0.2) is 0 Å². The zero-order valence-corrected chi connectivity index (χ0v) is 11.8. The van der Waals surface area contributed by atoms with Gasteiger partial charge < -0.3 is 15.6 Å². The van der Waals surface area contributed by atoms with E-state index in [0.29, 0.717) is 18.2 Å². The van der Waals surface area contributed by atoms with Crippen LogP contribution in [0.15, 0.2) is 24.3 Å². The van der Waals surface area contributed by atoms with Crippen molar-refractivity contribution in [3.63, 3.8) is 0 Å². The van der Waals surface area contributed by atoms with Gasteiger partial charge >= 0.3 is 5.97 Å². The van der Waals surface area contributed by atoms with Crippen molar-refractivity contribution < 1.29 is 14.6 Å². The average molecular weight is 286 g/mol. The first-order valence-electron chi connectivity index (χ1n) is 6.31. The predicted octanol–water partition coefficient (Wildman–Crippen LogP) is 2.79. The van der Waals surface area contributed by atoms with E-state index in [9.17, 15) is 4.79 Å². The Bertz CT molecular complexity index is 394. The highest BCUT2D eigenvalue weighted by Gasteiger charge is 2.15. The number of aliphatic carboxylic acids is 1. The summed E-state index contributed by atoms with van der Waals surface area (Å²) in [4.78, 5) is 10.7. The monoisotopic (exact) mass is 285 g/mol. The van der Waals surface area contributed by atoms with E-state index in [4.69, 9.17) is 27.2 Å². The van der Waals surface area contributed by atoms with Crippen molar-refractivity contribution in [2.24, 2.45) is 17.6 Å². The molecule has 0 aromatic heterocycles. The molecule has 0 saturated heterocycles. The standard InChI is InChI=1S/C14H20ClNO3/c1-10(6-11(8-16)7-14(17)18)9-19-13-4-2-12(15)3-5-13/h2-5,10-11H,6-9,16H2,1H3,(H,17,18). The summed E-state index contributed by atoms with van der Waals surface area (Å²) >= 11 is 5.79. The molecule has 0 bridgehead atoms. The maximum Gasteiger partial charge on any atom is 0.303 e. The first kappa shape index (κ1) is 15.8. The summed E-state index contributed by atoms with van der Waals surface area (Å²) in [5, 5.41) is 9.43. The van der Waals surface area contributed by atoms with E-state index in [1.54, 1.807) is 12.1 Å². The van der Waals surface area contributed by atoms with Gasteiger partial charge in [0.2, 0.25) is 0 Å². The fourth-order valence-electron chi connectivity index (χ4n) is 1.92. The lowest BCUT2D eigenvalue weighted by molar-refractivity contribution is -0.138. The van der Waals surface area contributed by atoms with Crippen LogP contribution < -0.4 is 10.5 Å². The van der Waals surface area contributed by atoms with Gasteiger partial charge in [-0.05, 0) is 49.1 Å². The summed E-state index contributed by atoms with van der Waals surface area (Å²) in [6, 6.07) is 7.17. The lowest BCUT2D eigenvalue weighted by atomic mass is 9.94. The van der Waals surface area contributed by atoms with E-state index in [-0.39, 0.29) is 18.3 Å². The second-order valence-corrected chi connectivity index (χ2v) is 5.24. The molecule has 0 amide bonds. The van der Waals surface area contributed by atoms with Gasteiger partial charge in [-0.25, -0.2) is 0 Å². The zero-order chi connectivity index (χ0) is 14.3. The van der Waals surface area contributed by atoms with Crippen LogP contribution in [0.1, 0.15) is 19.8 Å². The molecule has 4 nitrogen and oxygen atoms in total. The number of ether oxygens (including phenoxy) is 1. The Balaban J connectivity index is 2.35. The van der Waals surface area contributed by atoms with Crippen LogP contribution in [0.2, 0.25) is 5.02 Å². The third-order valence-corrected chi connectivity index (χ3v) is 3.13. The van der Waals surface area contributed by atoms with Crippen molar-refractivity contribution >= 4 is 17.6 Å². The Morgan fingerprint density at radius 2 is 2.05 bits per heavy atom. The molecule has 0 heterocycles. The van der Waals surface area contributed by atoms with Gasteiger partial charge in [0.25, 0.3) is 0 Å². The molecule has 0 spiro atoms. The topological polar surface area (TPSA) is 72.5 Å². The molecule has 0 aliphatic heterocycles. The number of hydrogen-bond donors (Lipinski definition) is 2. The number of halogens is 1. The van der Waals surface area contributed by atoms with Gasteiger partial charge in [-0.2, -0.15) is 0 Å². The van der Waals surface area contributed by atoms with Crippen molar-refractivity contribution in [1.29, 1.82) is 0 Å². The molecule has 19 heavy (non-hydrogen) atoms. The summed E-state index contributed by atoms with van der Waals surface area (Å²) in [6.45, 7) is 2.95. The number of carbonyl (C=O) groups is 1. The van der Waals surface area contributed by atoms with E-state index in [2.05, 4.69) is 0 Å². The number of benzene rings is 1. The van der Waals surface area contributed by atoms with Gasteiger partial charge in [0.1, 0.15) is 5.75 Å².